The first kappa shape index (κ1) is 21.0. The van der Waals surface area contributed by atoms with Crippen molar-refractivity contribution in [1.29, 1.82) is 5.26 Å². The molecule has 0 aromatic heterocycles. The molecule has 3 rings (SSSR count). The smallest absolute Gasteiger partial charge is 0.426 e. The summed E-state index contributed by atoms with van der Waals surface area (Å²) in [6.45, 7) is 2.06. The van der Waals surface area contributed by atoms with Crippen LogP contribution in [0.2, 0.25) is 0 Å². The topological polar surface area (TPSA) is 33.0 Å². The minimum Gasteiger partial charge on any atom is -0.429 e. The van der Waals surface area contributed by atoms with Crippen molar-refractivity contribution < 1.29 is 13.5 Å². The molecule has 0 spiro atoms. The van der Waals surface area contributed by atoms with Crippen LogP contribution in [0.4, 0.5) is 8.78 Å². The molecule has 2 nitrogen and oxygen atoms in total. The van der Waals surface area contributed by atoms with Crippen molar-refractivity contribution in [2.75, 3.05) is 0 Å². The normalized spacial score (nSPS) is 19.8. The van der Waals surface area contributed by atoms with Crippen LogP contribution >= 0.6 is 0 Å². The van der Waals surface area contributed by atoms with Gasteiger partial charge in [-0.1, -0.05) is 24.3 Å². The quantitative estimate of drug-likeness (QED) is 0.460. The molecule has 0 heterocycles. The highest BCUT2D eigenvalue weighted by atomic mass is 19.3. The number of alkyl halides is 2. The van der Waals surface area contributed by atoms with Crippen LogP contribution in [0, 0.1) is 17.2 Å². The zero-order chi connectivity index (χ0) is 20.7. The van der Waals surface area contributed by atoms with Crippen LogP contribution < -0.4 is 4.74 Å². The van der Waals surface area contributed by atoms with Crippen molar-refractivity contribution in [2.24, 2.45) is 5.92 Å². The molecule has 0 N–H and O–H groups in total. The number of halogens is 2. The van der Waals surface area contributed by atoms with Gasteiger partial charge in [-0.3, -0.25) is 0 Å². The fourth-order valence-electron chi connectivity index (χ4n) is 4.04. The van der Waals surface area contributed by atoms with Gasteiger partial charge in [0.2, 0.25) is 0 Å². The number of nitrogens with zero attached hydrogens (tertiary/aromatic N) is 1. The molecule has 0 amide bonds. The Balaban J connectivity index is 1.58. The van der Waals surface area contributed by atoms with E-state index < -0.39 is 6.11 Å². The van der Waals surface area contributed by atoms with E-state index in [9.17, 15) is 8.78 Å². The predicted molar refractivity (Wildman–Crippen MR) is 111 cm³/mol. The zero-order valence-electron chi connectivity index (χ0n) is 16.8. The van der Waals surface area contributed by atoms with Gasteiger partial charge >= 0.3 is 6.11 Å². The maximum atomic E-state index is 14.5. The summed E-state index contributed by atoms with van der Waals surface area (Å²) in [7, 11) is 0. The highest BCUT2D eigenvalue weighted by molar-refractivity contribution is 5.35. The summed E-state index contributed by atoms with van der Waals surface area (Å²) in [5.41, 5.74) is 1.38. The molecule has 2 aromatic carbocycles. The Hall–Kier alpha value is -2.67. The molecular weight excluding hydrogens is 368 g/mol. The lowest BCUT2D eigenvalue weighted by Gasteiger charge is -2.29. The van der Waals surface area contributed by atoms with Crippen molar-refractivity contribution in [1.82, 2.24) is 0 Å². The number of rotatable bonds is 7. The molecule has 1 aliphatic rings. The summed E-state index contributed by atoms with van der Waals surface area (Å²) < 4.78 is 33.9. The molecule has 0 saturated heterocycles. The Labute approximate surface area is 171 Å². The van der Waals surface area contributed by atoms with Gasteiger partial charge < -0.3 is 4.74 Å². The second-order valence-electron chi connectivity index (χ2n) is 7.74. The number of allylic oxidation sites excluding steroid dienone is 2. The Morgan fingerprint density at radius 2 is 1.69 bits per heavy atom. The van der Waals surface area contributed by atoms with E-state index in [0.29, 0.717) is 11.5 Å². The molecule has 152 valence electrons. The molecule has 0 unspecified atom stereocenters. The van der Waals surface area contributed by atoms with Gasteiger partial charge in [-0.15, -0.1) is 0 Å². The van der Waals surface area contributed by atoms with E-state index in [1.165, 1.54) is 55.7 Å². The van der Waals surface area contributed by atoms with Gasteiger partial charge in [0.1, 0.15) is 5.75 Å². The van der Waals surface area contributed by atoms with Crippen LogP contribution in [0.5, 0.6) is 5.75 Å². The molecular formula is C25H27F2NO. The minimum absolute atomic E-state index is 0.0364. The highest BCUT2D eigenvalue weighted by Crippen LogP contribution is 2.39. The molecule has 1 saturated carbocycles. The number of hydrogen-bond acceptors (Lipinski definition) is 2. The van der Waals surface area contributed by atoms with Crippen LogP contribution in [0.15, 0.2) is 60.7 Å². The standard InChI is InChI=1S/C25H27F2NO/c1-2-3-4-5-19-6-10-21(11-7-19)22-12-14-23(15-13-22)25(26,27)29-24-16-8-20(18-28)9-17-24/h2-3,8-9,12-17,19,21H,4-7,10-11H2,1H3/b3-2+. The SMILES string of the molecule is C/C=C/CCC1CCC(c2ccc(C(F)(F)Oc3ccc(C#N)cc3)cc2)CC1. The predicted octanol–water partition coefficient (Wildman–Crippen LogP) is 7.32. The van der Waals surface area contributed by atoms with Gasteiger partial charge in [0, 0.05) is 0 Å². The van der Waals surface area contributed by atoms with Gasteiger partial charge in [0.15, 0.2) is 0 Å². The molecule has 0 atom stereocenters. The van der Waals surface area contributed by atoms with E-state index in [0.717, 1.165) is 30.7 Å². The summed E-state index contributed by atoms with van der Waals surface area (Å²) in [6, 6.07) is 14.2. The monoisotopic (exact) mass is 395 g/mol. The summed E-state index contributed by atoms with van der Waals surface area (Å²) in [6.07, 6.45) is 7.97. The number of nitriles is 1. The molecule has 4 heteroatoms. The molecule has 2 aromatic rings. The second-order valence-corrected chi connectivity index (χ2v) is 7.74. The van der Waals surface area contributed by atoms with Gasteiger partial charge in [0.25, 0.3) is 0 Å². The maximum Gasteiger partial charge on any atom is 0.426 e. The Bertz CT molecular complexity index is 842. The highest BCUT2D eigenvalue weighted by Gasteiger charge is 2.34. The average molecular weight is 395 g/mol. The average Bonchev–Trinajstić information content (AvgIpc) is 2.75. The first-order valence-electron chi connectivity index (χ1n) is 10.3. The lowest BCUT2D eigenvalue weighted by Crippen LogP contribution is -2.22. The number of hydrogen-bond donors (Lipinski definition) is 0. The van der Waals surface area contributed by atoms with Crippen LogP contribution in [0.3, 0.4) is 0 Å². The lowest BCUT2D eigenvalue weighted by molar-refractivity contribution is -0.185. The summed E-state index contributed by atoms with van der Waals surface area (Å²) in [5.74, 6) is 1.27. The summed E-state index contributed by atoms with van der Waals surface area (Å²) >= 11 is 0. The molecule has 0 radical (unpaired) electrons. The Morgan fingerprint density at radius 3 is 2.28 bits per heavy atom. The fourth-order valence-corrected chi connectivity index (χ4v) is 4.04. The fraction of sp³-hybridized carbons (Fsp3) is 0.400. The zero-order valence-corrected chi connectivity index (χ0v) is 16.8. The van der Waals surface area contributed by atoms with Crippen LogP contribution in [0.1, 0.15) is 68.1 Å². The van der Waals surface area contributed by atoms with Crippen molar-refractivity contribution in [3.8, 4) is 11.8 Å². The van der Waals surface area contributed by atoms with Gasteiger partial charge in [-0.25, -0.2) is 0 Å². The number of ether oxygens (including phenoxy) is 1. The van der Waals surface area contributed by atoms with E-state index in [1.807, 2.05) is 18.2 Å². The van der Waals surface area contributed by atoms with E-state index in [-0.39, 0.29) is 11.3 Å². The minimum atomic E-state index is -3.42. The van der Waals surface area contributed by atoms with Crippen molar-refractivity contribution in [2.45, 2.75) is 57.5 Å². The van der Waals surface area contributed by atoms with Gasteiger partial charge in [0.05, 0.1) is 17.2 Å². The van der Waals surface area contributed by atoms with Crippen LogP contribution in [-0.4, -0.2) is 0 Å². The third-order valence-corrected chi connectivity index (χ3v) is 5.77. The van der Waals surface area contributed by atoms with Crippen molar-refractivity contribution >= 4 is 0 Å². The molecule has 1 fully saturated rings. The molecule has 0 bridgehead atoms. The maximum absolute atomic E-state index is 14.5. The van der Waals surface area contributed by atoms with E-state index >= 15 is 0 Å². The van der Waals surface area contributed by atoms with E-state index in [2.05, 4.69) is 19.1 Å². The van der Waals surface area contributed by atoms with E-state index in [4.69, 9.17) is 10.00 Å². The first-order valence-corrected chi connectivity index (χ1v) is 10.3. The van der Waals surface area contributed by atoms with Crippen LogP contribution in [0.25, 0.3) is 0 Å². The Kier molecular flexibility index (Phi) is 7.04. The third-order valence-electron chi connectivity index (χ3n) is 5.77. The van der Waals surface area contributed by atoms with Crippen molar-refractivity contribution in [3.63, 3.8) is 0 Å². The molecule has 1 aliphatic carbocycles. The largest absolute Gasteiger partial charge is 0.429 e. The Morgan fingerprint density at radius 1 is 1.03 bits per heavy atom. The first-order chi connectivity index (χ1) is 14.0. The van der Waals surface area contributed by atoms with Crippen LogP contribution in [-0.2, 0) is 6.11 Å². The third kappa shape index (κ3) is 5.67. The molecule has 0 aliphatic heterocycles. The lowest BCUT2D eigenvalue weighted by atomic mass is 9.77. The van der Waals surface area contributed by atoms with Gasteiger partial charge in [-0.05, 0) is 99.2 Å². The molecule has 29 heavy (non-hydrogen) atoms. The second kappa shape index (κ2) is 9.69. The summed E-state index contributed by atoms with van der Waals surface area (Å²) in [5, 5.41) is 8.79. The van der Waals surface area contributed by atoms with Gasteiger partial charge in [-0.2, -0.15) is 14.0 Å². The van der Waals surface area contributed by atoms with Crippen molar-refractivity contribution in [3.05, 3.63) is 77.4 Å². The number of benzene rings is 2. The summed E-state index contributed by atoms with van der Waals surface area (Å²) in [4.78, 5) is 0. The van der Waals surface area contributed by atoms with E-state index in [1.54, 1.807) is 0 Å².